The summed E-state index contributed by atoms with van der Waals surface area (Å²) in [4.78, 5) is 25.5. The maximum Gasteiger partial charge on any atom is 0.253 e. The molecule has 0 spiro atoms. The zero-order chi connectivity index (χ0) is 23.8. The van der Waals surface area contributed by atoms with Gasteiger partial charge in [0.2, 0.25) is 15.9 Å². The number of amides is 2. The molecule has 1 heterocycles. The van der Waals surface area contributed by atoms with Gasteiger partial charge in [-0.15, -0.1) is 0 Å². The van der Waals surface area contributed by atoms with E-state index in [9.17, 15) is 18.0 Å². The molecule has 2 N–H and O–H groups in total. The number of carbonyl (C=O) groups excluding carboxylic acids is 2. The predicted molar refractivity (Wildman–Crippen MR) is 126 cm³/mol. The number of anilines is 2. The minimum Gasteiger partial charge on any atom is -0.492 e. The third-order valence-electron chi connectivity index (χ3n) is 5.08. The van der Waals surface area contributed by atoms with Crippen LogP contribution in [-0.2, 0) is 19.6 Å². The molecule has 178 valence electrons. The fourth-order valence-electron chi connectivity index (χ4n) is 3.54. The molecule has 0 bridgehead atoms. The molecular formula is C23H29N3O6S. The van der Waals surface area contributed by atoms with Crippen molar-refractivity contribution in [1.29, 1.82) is 0 Å². The topological polar surface area (TPSA) is 114 Å². The van der Waals surface area contributed by atoms with Gasteiger partial charge in [-0.3, -0.25) is 13.9 Å². The van der Waals surface area contributed by atoms with Crippen molar-refractivity contribution in [3.63, 3.8) is 0 Å². The fraction of sp³-hybridized carbons (Fsp3) is 0.391. The number of nitrogens with zero attached hydrogens (tertiary/aromatic N) is 1. The first kappa shape index (κ1) is 24.5. The second kappa shape index (κ2) is 11.2. The Morgan fingerprint density at radius 3 is 2.58 bits per heavy atom. The number of para-hydroxylation sites is 3. The van der Waals surface area contributed by atoms with Gasteiger partial charge in [-0.1, -0.05) is 24.3 Å². The Bertz CT molecular complexity index is 1080. The summed E-state index contributed by atoms with van der Waals surface area (Å²) in [5, 5.41) is 5.49. The average Bonchev–Trinajstić information content (AvgIpc) is 3.30. The molecule has 0 aliphatic carbocycles. The lowest BCUT2D eigenvalue weighted by Crippen LogP contribution is -2.38. The monoisotopic (exact) mass is 475 g/mol. The third-order valence-corrected chi connectivity index (χ3v) is 6.21. The van der Waals surface area contributed by atoms with Gasteiger partial charge in [-0.05, 0) is 44.0 Å². The van der Waals surface area contributed by atoms with Gasteiger partial charge in [0.1, 0.15) is 12.3 Å². The average molecular weight is 476 g/mol. The second-order valence-corrected chi connectivity index (χ2v) is 9.52. The summed E-state index contributed by atoms with van der Waals surface area (Å²) in [6.45, 7) is 2.73. The molecule has 10 heteroatoms. The number of nitrogens with one attached hydrogen (secondary N) is 2. The number of rotatable bonds is 10. The molecule has 1 fully saturated rings. The maximum absolute atomic E-state index is 12.8. The van der Waals surface area contributed by atoms with Crippen LogP contribution in [0.2, 0.25) is 0 Å². The largest absolute Gasteiger partial charge is 0.492 e. The highest BCUT2D eigenvalue weighted by Crippen LogP contribution is 2.30. The van der Waals surface area contributed by atoms with E-state index < -0.39 is 22.5 Å². The Hall–Kier alpha value is -3.11. The van der Waals surface area contributed by atoms with Crippen molar-refractivity contribution in [3.05, 3.63) is 54.1 Å². The molecule has 9 nitrogen and oxygen atoms in total. The van der Waals surface area contributed by atoms with E-state index in [1.165, 1.54) is 0 Å². The van der Waals surface area contributed by atoms with Gasteiger partial charge in [0.25, 0.3) is 5.91 Å². The van der Waals surface area contributed by atoms with Crippen LogP contribution in [0.25, 0.3) is 0 Å². The van der Waals surface area contributed by atoms with Crippen LogP contribution in [0.4, 0.5) is 11.4 Å². The van der Waals surface area contributed by atoms with Crippen molar-refractivity contribution in [2.24, 2.45) is 0 Å². The number of hydrogen-bond donors (Lipinski definition) is 2. The first-order valence-corrected chi connectivity index (χ1v) is 12.6. The SMILES string of the molecule is CCOc1ccccc1N(CC(=O)Nc1ccccc1C(=O)NC[C@@H]1CCCO1)S(C)(=O)=O. The Kier molecular flexibility index (Phi) is 8.29. The van der Waals surface area contributed by atoms with E-state index in [0.29, 0.717) is 31.2 Å². The molecule has 1 aliphatic rings. The molecule has 2 aromatic carbocycles. The van der Waals surface area contributed by atoms with E-state index in [0.717, 1.165) is 23.4 Å². The molecule has 0 unspecified atom stereocenters. The van der Waals surface area contributed by atoms with Gasteiger partial charge in [0.05, 0.1) is 35.9 Å². The zero-order valence-corrected chi connectivity index (χ0v) is 19.6. The van der Waals surface area contributed by atoms with E-state index in [1.807, 2.05) is 0 Å². The lowest BCUT2D eigenvalue weighted by Gasteiger charge is -2.24. The van der Waals surface area contributed by atoms with Crippen LogP contribution < -0.4 is 19.7 Å². The zero-order valence-electron chi connectivity index (χ0n) is 18.7. The minimum atomic E-state index is -3.79. The van der Waals surface area contributed by atoms with E-state index in [4.69, 9.17) is 9.47 Å². The summed E-state index contributed by atoms with van der Waals surface area (Å²) in [7, 11) is -3.79. The quantitative estimate of drug-likeness (QED) is 0.546. The molecule has 0 saturated carbocycles. The summed E-state index contributed by atoms with van der Waals surface area (Å²) in [6.07, 6.45) is 2.87. The normalized spacial score (nSPS) is 15.6. The van der Waals surface area contributed by atoms with Gasteiger partial charge in [0, 0.05) is 13.2 Å². The van der Waals surface area contributed by atoms with Gasteiger partial charge in [0.15, 0.2) is 0 Å². The van der Waals surface area contributed by atoms with Crippen LogP contribution in [0.3, 0.4) is 0 Å². The molecule has 1 saturated heterocycles. The molecular weight excluding hydrogens is 446 g/mol. The molecule has 33 heavy (non-hydrogen) atoms. The van der Waals surface area contributed by atoms with Crippen molar-refractivity contribution in [1.82, 2.24) is 5.32 Å². The maximum atomic E-state index is 12.8. The summed E-state index contributed by atoms with van der Waals surface area (Å²) in [6, 6.07) is 13.2. The van der Waals surface area contributed by atoms with Crippen LogP contribution in [0, 0.1) is 0 Å². The number of hydrogen-bond acceptors (Lipinski definition) is 6. The van der Waals surface area contributed by atoms with Gasteiger partial charge < -0.3 is 20.1 Å². The Labute approximate surface area is 194 Å². The number of ether oxygens (including phenoxy) is 2. The van der Waals surface area contributed by atoms with E-state index in [2.05, 4.69) is 10.6 Å². The van der Waals surface area contributed by atoms with Crippen LogP contribution >= 0.6 is 0 Å². The van der Waals surface area contributed by atoms with Crippen LogP contribution in [-0.4, -0.2) is 58.9 Å². The highest BCUT2D eigenvalue weighted by Gasteiger charge is 2.25. The molecule has 0 radical (unpaired) electrons. The van der Waals surface area contributed by atoms with Crippen molar-refractivity contribution in [3.8, 4) is 5.75 Å². The first-order chi connectivity index (χ1) is 15.8. The fourth-order valence-corrected chi connectivity index (χ4v) is 4.40. The highest BCUT2D eigenvalue weighted by atomic mass is 32.2. The van der Waals surface area contributed by atoms with E-state index >= 15 is 0 Å². The van der Waals surface area contributed by atoms with Crippen molar-refractivity contribution < 1.29 is 27.5 Å². The molecule has 2 aromatic rings. The molecule has 1 atom stereocenters. The standard InChI is InChI=1S/C23H29N3O6S/c1-3-31-21-13-7-6-12-20(21)26(33(2,29)30)16-22(27)25-19-11-5-4-10-18(19)23(28)24-15-17-9-8-14-32-17/h4-7,10-13,17H,3,8-9,14-16H2,1-2H3,(H,24,28)(H,25,27)/t17-/m0/s1. The van der Waals surface area contributed by atoms with E-state index in [-0.39, 0.29) is 23.3 Å². The lowest BCUT2D eigenvalue weighted by atomic mass is 10.1. The van der Waals surface area contributed by atoms with Gasteiger partial charge >= 0.3 is 0 Å². The predicted octanol–water partition coefficient (Wildman–Crippen LogP) is 2.40. The van der Waals surface area contributed by atoms with Crippen molar-refractivity contribution in [2.75, 3.05) is 42.2 Å². The molecule has 1 aliphatic heterocycles. The van der Waals surface area contributed by atoms with Gasteiger partial charge in [-0.25, -0.2) is 8.42 Å². The van der Waals surface area contributed by atoms with Crippen LogP contribution in [0.5, 0.6) is 5.75 Å². The van der Waals surface area contributed by atoms with E-state index in [1.54, 1.807) is 55.5 Å². The summed E-state index contributed by atoms with van der Waals surface area (Å²) in [5.74, 6) is -0.582. The molecule has 2 amide bonds. The number of carbonyl (C=O) groups is 2. The summed E-state index contributed by atoms with van der Waals surface area (Å²) in [5.41, 5.74) is 0.836. The number of sulfonamides is 1. The molecule has 3 rings (SSSR count). The summed E-state index contributed by atoms with van der Waals surface area (Å²) < 4.78 is 37.0. The summed E-state index contributed by atoms with van der Waals surface area (Å²) >= 11 is 0. The smallest absolute Gasteiger partial charge is 0.253 e. The minimum absolute atomic E-state index is 0.00979. The lowest BCUT2D eigenvalue weighted by molar-refractivity contribution is -0.114. The Morgan fingerprint density at radius 1 is 1.15 bits per heavy atom. The van der Waals surface area contributed by atoms with Crippen molar-refractivity contribution in [2.45, 2.75) is 25.9 Å². The number of benzene rings is 2. The Morgan fingerprint density at radius 2 is 1.88 bits per heavy atom. The highest BCUT2D eigenvalue weighted by molar-refractivity contribution is 7.92. The molecule has 0 aromatic heterocycles. The van der Waals surface area contributed by atoms with Crippen molar-refractivity contribution >= 4 is 33.2 Å². The third kappa shape index (κ3) is 6.69. The van der Waals surface area contributed by atoms with Crippen LogP contribution in [0.1, 0.15) is 30.1 Å². The van der Waals surface area contributed by atoms with Gasteiger partial charge in [-0.2, -0.15) is 0 Å². The second-order valence-electron chi connectivity index (χ2n) is 7.61. The Balaban J connectivity index is 1.74. The van der Waals surface area contributed by atoms with Crippen LogP contribution in [0.15, 0.2) is 48.5 Å². The first-order valence-electron chi connectivity index (χ1n) is 10.8.